The summed E-state index contributed by atoms with van der Waals surface area (Å²) >= 11 is 0. The highest BCUT2D eigenvalue weighted by atomic mass is 16.7. The van der Waals surface area contributed by atoms with Crippen molar-refractivity contribution in [3.05, 3.63) is 70.0 Å². The zero-order chi connectivity index (χ0) is 16.8. The number of carbonyl (C=O) groups is 1. The molecule has 0 fully saturated rings. The van der Waals surface area contributed by atoms with E-state index in [1.54, 1.807) is 25.3 Å². The molecule has 8 heteroatoms. The van der Waals surface area contributed by atoms with Crippen molar-refractivity contribution in [2.24, 2.45) is 10.9 Å². The first-order valence-electron chi connectivity index (χ1n) is 6.68. The van der Waals surface area contributed by atoms with Gasteiger partial charge in [-0.2, -0.15) is 0 Å². The molecule has 1 atom stereocenters. The summed E-state index contributed by atoms with van der Waals surface area (Å²) in [5.41, 5.74) is 6.76. The van der Waals surface area contributed by atoms with Crippen LogP contribution in [0.15, 0.2) is 53.9 Å². The van der Waals surface area contributed by atoms with Gasteiger partial charge in [0.2, 0.25) is 0 Å². The molecule has 0 aliphatic rings. The number of benzene rings is 1. The molecule has 23 heavy (non-hydrogen) atoms. The summed E-state index contributed by atoms with van der Waals surface area (Å²) in [6.45, 7) is 1.61. The first-order valence-corrected chi connectivity index (χ1v) is 6.68. The zero-order valence-electron chi connectivity index (χ0n) is 12.2. The number of non-ortho nitro benzene ring substituents is 1. The Kier molecular flexibility index (Phi) is 4.98. The number of amidine groups is 1. The third-order valence-corrected chi connectivity index (χ3v) is 3.15. The number of oxime groups is 1. The number of nitrogens with two attached hydrogens (primary N) is 1. The fourth-order valence-electron chi connectivity index (χ4n) is 1.76. The van der Waals surface area contributed by atoms with E-state index in [-0.39, 0.29) is 11.5 Å². The van der Waals surface area contributed by atoms with Crippen LogP contribution >= 0.6 is 0 Å². The number of hydrogen-bond acceptors (Lipinski definition) is 6. The van der Waals surface area contributed by atoms with Gasteiger partial charge in [-0.3, -0.25) is 15.1 Å². The maximum atomic E-state index is 12.0. The number of hydrogen-bond donors (Lipinski definition) is 1. The molecule has 0 spiro atoms. The lowest BCUT2D eigenvalue weighted by Gasteiger charge is -2.08. The number of aromatic nitrogens is 1. The maximum absolute atomic E-state index is 12.0. The molecule has 0 unspecified atom stereocenters. The molecule has 1 aromatic carbocycles. The Hall–Kier alpha value is -3.29. The number of carbonyl (C=O) groups excluding carboxylic acids is 1. The highest BCUT2D eigenvalue weighted by Crippen LogP contribution is 2.20. The van der Waals surface area contributed by atoms with Crippen molar-refractivity contribution in [1.82, 2.24) is 4.98 Å². The largest absolute Gasteiger partial charge is 0.380 e. The highest BCUT2D eigenvalue weighted by molar-refractivity contribution is 5.97. The molecule has 0 saturated heterocycles. The van der Waals surface area contributed by atoms with Crippen molar-refractivity contribution in [1.29, 1.82) is 0 Å². The predicted molar refractivity (Wildman–Crippen MR) is 82.6 cm³/mol. The van der Waals surface area contributed by atoms with Crippen molar-refractivity contribution < 1.29 is 14.6 Å². The smallest absolute Gasteiger partial charge is 0.342 e. The minimum Gasteiger partial charge on any atom is -0.380 e. The number of nitrogens with zero attached hydrogens (tertiary/aromatic N) is 3. The number of nitro benzene ring substituents is 1. The van der Waals surface area contributed by atoms with Crippen LogP contribution in [0.25, 0.3) is 0 Å². The molecule has 0 aliphatic heterocycles. The SMILES string of the molecule is C[C@H](C(=O)O/N=C(/N)c1cccnc1)c1ccc([N+](=O)[O-])cc1. The van der Waals surface area contributed by atoms with Gasteiger partial charge in [0.1, 0.15) is 0 Å². The van der Waals surface area contributed by atoms with Crippen LogP contribution in [-0.2, 0) is 9.63 Å². The molecule has 0 radical (unpaired) electrons. The Labute approximate surface area is 131 Å². The summed E-state index contributed by atoms with van der Waals surface area (Å²) in [4.78, 5) is 30.8. The van der Waals surface area contributed by atoms with Gasteiger partial charge in [-0.25, -0.2) is 4.79 Å². The molecule has 8 nitrogen and oxygen atoms in total. The van der Waals surface area contributed by atoms with Gasteiger partial charge in [-0.15, -0.1) is 0 Å². The van der Waals surface area contributed by atoms with Crippen molar-refractivity contribution in [3.8, 4) is 0 Å². The molecule has 0 amide bonds. The average Bonchev–Trinajstić information content (AvgIpc) is 2.59. The van der Waals surface area contributed by atoms with E-state index in [9.17, 15) is 14.9 Å². The minimum atomic E-state index is -0.638. The number of pyridine rings is 1. The van der Waals surface area contributed by atoms with Gasteiger partial charge in [-0.1, -0.05) is 17.3 Å². The monoisotopic (exact) mass is 314 g/mol. The van der Waals surface area contributed by atoms with Crippen LogP contribution in [0.5, 0.6) is 0 Å². The standard InChI is InChI=1S/C15H14N4O4/c1-10(11-4-6-13(7-5-11)19(21)22)15(20)23-18-14(16)12-3-2-8-17-9-12/h2-10H,1H3,(H2,16,18)/t10-/m0/s1. The summed E-state index contributed by atoms with van der Waals surface area (Å²) in [5.74, 6) is -1.23. The van der Waals surface area contributed by atoms with E-state index in [0.29, 0.717) is 11.1 Å². The summed E-state index contributed by atoms with van der Waals surface area (Å²) in [5, 5.41) is 14.2. The van der Waals surface area contributed by atoms with E-state index in [1.165, 1.54) is 30.5 Å². The van der Waals surface area contributed by atoms with Crippen molar-refractivity contribution in [2.75, 3.05) is 0 Å². The van der Waals surface area contributed by atoms with Crippen molar-refractivity contribution in [2.45, 2.75) is 12.8 Å². The molecule has 0 aliphatic carbocycles. The van der Waals surface area contributed by atoms with E-state index in [0.717, 1.165) is 0 Å². The zero-order valence-corrected chi connectivity index (χ0v) is 12.2. The van der Waals surface area contributed by atoms with Gasteiger partial charge in [0.05, 0.1) is 10.8 Å². The molecule has 118 valence electrons. The quantitative estimate of drug-likeness (QED) is 0.296. The normalized spacial score (nSPS) is 12.5. The number of rotatable bonds is 5. The summed E-state index contributed by atoms with van der Waals surface area (Å²) in [7, 11) is 0. The van der Waals surface area contributed by atoms with Crippen LogP contribution in [0.4, 0.5) is 5.69 Å². The van der Waals surface area contributed by atoms with E-state index >= 15 is 0 Å². The van der Waals surface area contributed by atoms with Gasteiger partial charge in [0, 0.05) is 30.1 Å². The highest BCUT2D eigenvalue weighted by Gasteiger charge is 2.18. The Morgan fingerprint density at radius 1 is 1.35 bits per heavy atom. The molecule has 2 aromatic rings. The van der Waals surface area contributed by atoms with Gasteiger partial charge < -0.3 is 10.6 Å². The van der Waals surface area contributed by atoms with Crippen molar-refractivity contribution >= 4 is 17.5 Å². The fraction of sp³-hybridized carbons (Fsp3) is 0.133. The van der Waals surface area contributed by atoms with Crippen LogP contribution in [-0.4, -0.2) is 21.7 Å². The van der Waals surface area contributed by atoms with Crippen LogP contribution in [0.2, 0.25) is 0 Å². The van der Waals surface area contributed by atoms with Gasteiger partial charge >= 0.3 is 5.97 Å². The van der Waals surface area contributed by atoms with Gasteiger partial charge in [0.25, 0.3) is 5.69 Å². The second kappa shape index (κ2) is 7.12. The Morgan fingerprint density at radius 3 is 2.61 bits per heavy atom. The van der Waals surface area contributed by atoms with E-state index in [2.05, 4.69) is 10.1 Å². The Bertz CT molecular complexity index is 729. The van der Waals surface area contributed by atoms with Crippen LogP contribution < -0.4 is 5.73 Å². The van der Waals surface area contributed by atoms with E-state index in [1.807, 2.05) is 0 Å². The van der Waals surface area contributed by atoms with E-state index in [4.69, 9.17) is 10.6 Å². The molecular formula is C15H14N4O4. The lowest BCUT2D eigenvalue weighted by atomic mass is 10.0. The lowest BCUT2D eigenvalue weighted by Crippen LogP contribution is -2.17. The first-order chi connectivity index (χ1) is 11.0. The lowest BCUT2D eigenvalue weighted by molar-refractivity contribution is -0.384. The summed E-state index contributed by atoms with van der Waals surface area (Å²) < 4.78 is 0. The van der Waals surface area contributed by atoms with Crippen LogP contribution in [0.1, 0.15) is 24.0 Å². The van der Waals surface area contributed by atoms with Crippen LogP contribution in [0, 0.1) is 10.1 Å². The molecule has 2 rings (SSSR count). The molecular weight excluding hydrogens is 300 g/mol. The molecule has 1 heterocycles. The Morgan fingerprint density at radius 2 is 2.04 bits per heavy atom. The molecule has 0 saturated carbocycles. The van der Waals surface area contributed by atoms with E-state index < -0.39 is 16.8 Å². The average molecular weight is 314 g/mol. The second-order valence-corrected chi connectivity index (χ2v) is 4.70. The summed E-state index contributed by atoms with van der Waals surface area (Å²) in [6.07, 6.45) is 3.08. The van der Waals surface area contributed by atoms with Gasteiger partial charge in [-0.05, 0) is 24.6 Å². The third-order valence-electron chi connectivity index (χ3n) is 3.15. The molecule has 2 N–H and O–H groups in total. The van der Waals surface area contributed by atoms with Gasteiger partial charge in [0.15, 0.2) is 5.84 Å². The predicted octanol–water partition coefficient (Wildman–Crippen LogP) is 1.96. The minimum absolute atomic E-state index is 0.0300. The fourth-order valence-corrected chi connectivity index (χ4v) is 1.76. The summed E-state index contributed by atoms with van der Waals surface area (Å²) in [6, 6.07) is 9.01. The molecule has 0 bridgehead atoms. The first kappa shape index (κ1) is 16.1. The topological polar surface area (TPSA) is 121 Å². The maximum Gasteiger partial charge on any atom is 0.342 e. The van der Waals surface area contributed by atoms with Crippen LogP contribution in [0.3, 0.4) is 0 Å². The second-order valence-electron chi connectivity index (χ2n) is 4.70. The van der Waals surface area contributed by atoms with Crippen molar-refractivity contribution in [3.63, 3.8) is 0 Å². The Balaban J connectivity index is 2.04. The third kappa shape index (κ3) is 4.10. The molecule has 1 aromatic heterocycles. The number of nitro groups is 1.